The fraction of sp³-hybridized carbons (Fsp3) is 0.263. The number of fused-ring (bicyclic) bond motifs is 2. The standard InChI is InChI=1S/C19H18ClFN6/c1-26-4-6-27(7-5-26)11-2-3-15-17(8-11)23-19(22-15)18-12-9-14(21)13(20)10-16(12)24-25-18/h2-3,8-10H,4-7H2,1H3,(H,22,23)(H,24,25). The van der Waals surface area contributed by atoms with Crippen molar-refractivity contribution in [3.8, 4) is 11.5 Å². The summed E-state index contributed by atoms with van der Waals surface area (Å²) in [6.07, 6.45) is 0. The number of aromatic amines is 2. The molecule has 27 heavy (non-hydrogen) atoms. The van der Waals surface area contributed by atoms with Crippen molar-refractivity contribution in [1.82, 2.24) is 25.1 Å². The second-order valence-corrected chi connectivity index (χ2v) is 7.37. The first-order valence-electron chi connectivity index (χ1n) is 8.85. The van der Waals surface area contributed by atoms with Gasteiger partial charge in [0.25, 0.3) is 0 Å². The minimum Gasteiger partial charge on any atom is -0.369 e. The Morgan fingerprint density at radius 2 is 1.89 bits per heavy atom. The Morgan fingerprint density at radius 1 is 1.07 bits per heavy atom. The van der Waals surface area contributed by atoms with E-state index in [1.54, 1.807) is 0 Å². The first-order chi connectivity index (χ1) is 13.1. The lowest BCUT2D eigenvalue weighted by molar-refractivity contribution is 0.313. The highest BCUT2D eigenvalue weighted by molar-refractivity contribution is 6.31. The van der Waals surface area contributed by atoms with E-state index in [2.05, 4.69) is 49.1 Å². The Kier molecular flexibility index (Phi) is 3.80. The average Bonchev–Trinajstić information content (AvgIpc) is 3.25. The number of H-pyrrole nitrogens is 2. The van der Waals surface area contributed by atoms with Crippen LogP contribution in [-0.4, -0.2) is 58.3 Å². The largest absolute Gasteiger partial charge is 0.369 e. The Hall–Kier alpha value is -2.64. The smallest absolute Gasteiger partial charge is 0.159 e. The predicted molar refractivity (Wildman–Crippen MR) is 106 cm³/mol. The zero-order valence-corrected chi connectivity index (χ0v) is 15.5. The Morgan fingerprint density at radius 3 is 2.70 bits per heavy atom. The van der Waals surface area contributed by atoms with E-state index in [-0.39, 0.29) is 5.02 Å². The number of aromatic nitrogens is 4. The third-order valence-electron chi connectivity index (χ3n) is 5.16. The lowest BCUT2D eigenvalue weighted by Gasteiger charge is -2.34. The normalized spacial score (nSPS) is 15.9. The van der Waals surface area contributed by atoms with Crippen LogP contribution in [0.3, 0.4) is 0 Å². The molecule has 2 aromatic heterocycles. The summed E-state index contributed by atoms with van der Waals surface area (Å²) < 4.78 is 13.9. The second-order valence-electron chi connectivity index (χ2n) is 6.96. The lowest BCUT2D eigenvalue weighted by atomic mass is 10.2. The Bertz CT molecular complexity index is 1140. The quantitative estimate of drug-likeness (QED) is 0.553. The van der Waals surface area contributed by atoms with E-state index in [4.69, 9.17) is 11.6 Å². The number of halogens is 2. The van der Waals surface area contributed by atoms with Gasteiger partial charge in [-0.3, -0.25) is 5.10 Å². The minimum absolute atomic E-state index is 0.0686. The number of imidazole rings is 1. The highest BCUT2D eigenvalue weighted by atomic mass is 35.5. The van der Waals surface area contributed by atoms with Crippen molar-refractivity contribution >= 4 is 39.2 Å². The summed E-state index contributed by atoms with van der Waals surface area (Å²) in [6, 6.07) is 9.15. The zero-order valence-electron chi connectivity index (χ0n) is 14.8. The van der Waals surface area contributed by atoms with Crippen LogP contribution in [0.2, 0.25) is 5.02 Å². The van der Waals surface area contributed by atoms with E-state index < -0.39 is 5.82 Å². The molecule has 1 aliphatic rings. The molecule has 1 aliphatic heterocycles. The second kappa shape index (κ2) is 6.21. The summed E-state index contributed by atoms with van der Waals surface area (Å²) in [5, 5.41) is 7.91. The first-order valence-corrected chi connectivity index (χ1v) is 9.23. The van der Waals surface area contributed by atoms with Crippen LogP contribution in [0.4, 0.5) is 10.1 Å². The molecule has 0 bridgehead atoms. The number of hydrogen-bond donors (Lipinski definition) is 2. The number of likely N-dealkylation sites (N-methyl/N-ethyl adjacent to an activating group) is 1. The van der Waals surface area contributed by atoms with Gasteiger partial charge in [0.1, 0.15) is 11.5 Å². The van der Waals surface area contributed by atoms with Gasteiger partial charge in [-0.1, -0.05) is 11.6 Å². The van der Waals surface area contributed by atoms with Gasteiger partial charge in [0.15, 0.2) is 5.82 Å². The van der Waals surface area contributed by atoms with Gasteiger partial charge in [-0.05, 0) is 37.4 Å². The molecule has 4 aromatic rings. The summed E-state index contributed by atoms with van der Waals surface area (Å²) in [5.74, 6) is 0.133. The fourth-order valence-electron chi connectivity index (χ4n) is 3.56. The van der Waals surface area contributed by atoms with Crippen LogP contribution in [0, 0.1) is 5.82 Å². The van der Waals surface area contributed by atoms with E-state index in [9.17, 15) is 4.39 Å². The Labute approximate surface area is 159 Å². The van der Waals surface area contributed by atoms with Crippen LogP contribution in [0.1, 0.15) is 0 Å². The van der Waals surface area contributed by atoms with Gasteiger partial charge in [-0.15, -0.1) is 0 Å². The number of nitrogens with one attached hydrogen (secondary N) is 2. The van der Waals surface area contributed by atoms with Crippen LogP contribution in [0.15, 0.2) is 30.3 Å². The minimum atomic E-state index is -0.472. The van der Waals surface area contributed by atoms with Gasteiger partial charge >= 0.3 is 0 Å². The van der Waals surface area contributed by atoms with Crippen molar-refractivity contribution < 1.29 is 4.39 Å². The third kappa shape index (κ3) is 2.83. The molecule has 0 unspecified atom stereocenters. The number of anilines is 1. The molecule has 0 aliphatic carbocycles. The molecule has 138 valence electrons. The molecule has 6 nitrogen and oxygen atoms in total. The number of rotatable bonds is 2. The van der Waals surface area contributed by atoms with Gasteiger partial charge in [0.05, 0.1) is 21.6 Å². The summed E-state index contributed by atoms with van der Waals surface area (Å²) in [7, 11) is 2.14. The summed E-state index contributed by atoms with van der Waals surface area (Å²) in [6.45, 7) is 4.12. The van der Waals surface area contributed by atoms with E-state index in [1.807, 2.05) is 6.07 Å². The first kappa shape index (κ1) is 16.5. The van der Waals surface area contributed by atoms with Gasteiger partial charge in [-0.25, -0.2) is 9.37 Å². The monoisotopic (exact) mass is 384 g/mol. The van der Waals surface area contributed by atoms with E-state index in [0.717, 1.165) is 37.2 Å². The van der Waals surface area contributed by atoms with Crippen LogP contribution in [-0.2, 0) is 0 Å². The van der Waals surface area contributed by atoms with Gasteiger partial charge < -0.3 is 14.8 Å². The lowest BCUT2D eigenvalue weighted by Crippen LogP contribution is -2.44. The van der Waals surface area contributed by atoms with E-state index in [0.29, 0.717) is 22.4 Å². The molecule has 0 saturated carbocycles. The molecule has 3 heterocycles. The van der Waals surface area contributed by atoms with Gasteiger partial charge in [-0.2, -0.15) is 5.10 Å². The number of hydrogen-bond acceptors (Lipinski definition) is 4. The molecular weight excluding hydrogens is 367 g/mol. The molecule has 1 saturated heterocycles. The maximum Gasteiger partial charge on any atom is 0.159 e. The SMILES string of the molecule is CN1CCN(c2ccc3nc(-c4n[nH]c5cc(Cl)c(F)cc45)[nH]c3c2)CC1. The predicted octanol–water partition coefficient (Wildman–Crippen LogP) is 3.65. The highest BCUT2D eigenvalue weighted by Crippen LogP contribution is 2.30. The van der Waals surface area contributed by atoms with Crippen molar-refractivity contribution in [2.75, 3.05) is 38.1 Å². The van der Waals surface area contributed by atoms with E-state index in [1.165, 1.54) is 17.8 Å². The topological polar surface area (TPSA) is 63.8 Å². The molecular formula is C19H18ClFN6. The van der Waals surface area contributed by atoms with Gasteiger partial charge in [0.2, 0.25) is 0 Å². The zero-order chi connectivity index (χ0) is 18.5. The summed E-state index contributed by atoms with van der Waals surface area (Å²) >= 11 is 5.85. The van der Waals surface area contributed by atoms with Crippen LogP contribution in [0.25, 0.3) is 33.5 Å². The molecule has 1 fully saturated rings. The molecule has 0 radical (unpaired) electrons. The van der Waals surface area contributed by atoms with Crippen molar-refractivity contribution in [2.24, 2.45) is 0 Å². The maximum atomic E-state index is 13.9. The van der Waals surface area contributed by atoms with Gasteiger partial charge in [0, 0.05) is 37.3 Å². The van der Waals surface area contributed by atoms with E-state index >= 15 is 0 Å². The van der Waals surface area contributed by atoms with Crippen molar-refractivity contribution in [1.29, 1.82) is 0 Å². The van der Waals surface area contributed by atoms with Crippen LogP contribution >= 0.6 is 11.6 Å². The number of benzene rings is 2. The van der Waals surface area contributed by atoms with Crippen LogP contribution < -0.4 is 4.90 Å². The number of nitrogens with zero attached hydrogens (tertiary/aromatic N) is 4. The van der Waals surface area contributed by atoms with Crippen molar-refractivity contribution in [3.05, 3.63) is 41.2 Å². The Balaban J connectivity index is 1.54. The number of piperazine rings is 1. The van der Waals surface area contributed by atoms with Crippen LogP contribution in [0.5, 0.6) is 0 Å². The third-order valence-corrected chi connectivity index (χ3v) is 5.45. The average molecular weight is 385 g/mol. The highest BCUT2D eigenvalue weighted by Gasteiger charge is 2.17. The molecule has 8 heteroatoms. The molecule has 0 amide bonds. The molecule has 2 aromatic carbocycles. The summed E-state index contributed by atoms with van der Waals surface area (Å²) in [5.41, 5.74) is 4.23. The van der Waals surface area contributed by atoms with Crippen molar-refractivity contribution in [2.45, 2.75) is 0 Å². The maximum absolute atomic E-state index is 13.9. The molecule has 0 atom stereocenters. The molecule has 0 spiro atoms. The molecule has 2 N–H and O–H groups in total. The molecule has 5 rings (SSSR count). The summed E-state index contributed by atoms with van der Waals surface area (Å²) in [4.78, 5) is 12.7. The van der Waals surface area contributed by atoms with Crippen molar-refractivity contribution in [3.63, 3.8) is 0 Å². The fourth-order valence-corrected chi connectivity index (χ4v) is 3.73.